The van der Waals surface area contributed by atoms with Gasteiger partial charge < -0.3 is 10.2 Å². The number of piperidine rings is 1. The summed E-state index contributed by atoms with van der Waals surface area (Å²) in [5, 5.41) is 7.47. The zero-order valence-electron chi connectivity index (χ0n) is 14.1. The van der Waals surface area contributed by atoms with Gasteiger partial charge >= 0.3 is 0 Å². The lowest BCUT2D eigenvalue weighted by Crippen LogP contribution is -2.38. The molecule has 0 atom stereocenters. The molecular formula is C18H20N6O. The molecule has 0 bridgehead atoms. The maximum Gasteiger partial charge on any atom is 0.255 e. The van der Waals surface area contributed by atoms with Gasteiger partial charge in [0, 0.05) is 38.4 Å². The van der Waals surface area contributed by atoms with E-state index in [1.165, 1.54) is 0 Å². The highest BCUT2D eigenvalue weighted by Gasteiger charge is 2.26. The highest BCUT2D eigenvalue weighted by molar-refractivity contribution is 5.93. The zero-order valence-corrected chi connectivity index (χ0v) is 14.1. The summed E-state index contributed by atoms with van der Waals surface area (Å²) < 4.78 is 1.86. The van der Waals surface area contributed by atoms with Gasteiger partial charge in [-0.1, -0.05) is 0 Å². The van der Waals surface area contributed by atoms with Crippen molar-refractivity contribution in [3.05, 3.63) is 54.2 Å². The molecule has 1 saturated heterocycles. The molecule has 128 valence electrons. The van der Waals surface area contributed by atoms with Crippen molar-refractivity contribution in [2.75, 3.05) is 25.5 Å². The van der Waals surface area contributed by atoms with Crippen molar-refractivity contribution in [2.24, 2.45) is 0 Å². The van der Waals surface area contributed by atoms with E-state index >= 15 is 0 Å². The molecule has 7 nitrogen and oxygen atoms in total. The Morgan fingerprint density at radius 2 is 2.08 bits per heavy atom. The average Bonchev–Trinajstić information content (AvgIpc) is 3.16. The van der Waals surface area contributed by atoms with Crippen molar-refractivity contribution in [1.82, 2.24) is 24.5 Å². The molecule has 0 aliphatic carbocycles. The van der Waals surface area contributed by atoms with Gasteiger partial charge in [-0.05, 0) is 31.0 Å². The van der Waals surface area contributed by atoms with Gasteiger partial charge in [-0.2, -0.15) is 5.10 Å². The van der Waals surface area contributed by atoms with E-state index in [9.17, 15) is 4.79 Å². The molecule has 1 aliphatic heterocycles. The fraction of sp³-hybridized carbons (Fsp3) is 0.333. The molecule has 0 unspecified atom stereocenters. The van der Waals surface area contributed by atoms with Gasteiger partial charge in [0.2, 0.25) is 0 Å². The third-order valence-electron chi connectivity index (χ3n) is 4.75. The normalized spacial score (nSPS) is 15.5. The predicted molar refractivity (Wildman–Crippen MR) is 94.6 cm³/mol. The highest BCUT2D eigenvalue weighted by atomic mass is 16.2. The molecular weight excluding hydrogens is 316 g/mol. The summed E-state index contributed by atoms with van der Waals surface area (Å²) in [6.07, 6.45) is 8.88. The van der Waals surface area contributed by atoms with Crippen LogP contribution in [0.15, 0.2) is 43.0 Å². The molecule has 0 radical (unpaired) electrons. The molecule has 4 rings (SSSR count). The Kier molecular flexibility index (Phi) is 4.05. The van der Waals surface area contributed by atoms with Gasteiger partial charge in [-0.25, -0.2) is 9.50 Å². The minimum absolute atomic E-state index is 0.0537. The first kappa shape index (κ1) is 15.6. The molecule has 4 heterocycles. The molecule has 3 aromatic rings. The van der Waals surface area contributed by atoms with E-state index in [1.54, 1.807) is 24.7 Å². The number of pyridine rings is 1. The predicted octanol–water partition coefficient (Wildman–Crippen LogP) is 2.19. The van der Waals surface area contributed by atoms with Crippen LogP contribution in [0.5, 0.6) is 0 Å². The van der Waals surface area contributed by atoms with E-state index in [0.29, 0.717) is 11.5 Å². The molecule has 0 aromatic carbocycles. The summed E-state index contributed by atoms with van der Waals surface area (Å²) in [6, 6.07) is 5.55. The van der Waals surface area contributed by atoms with Gasteiger partial charge in [-0.3, -0.25) is 9.78 Å². The standard InChI is InChI=1S/C18H20N6O/c1-19-17-16-4-8-21-24(16)12-15(22-17)13-5-9-23(10-6-13)18(25)14-3-2-7-20-11-14/h2-4,7-8,11-13H,5-6,9-10H2,1H3,(H,19,22). The summed E-state index contributed by atoms with van der Waals surface area (Å²) in [7, 11) is 1.87. The second-order valence-electron chi connectivity index (χ2n) is 6.23. The van der Waals surface area contributed by atoms with Crippen LogP contribution in [0.2, 0.25) is 0 Å². The van der Waals surface area contributed by atoms with Gasteiger partial charge in [0.15, 0.2) is 5.82 Å². The minimum atomic E-state index is 0.0537. The Morgan fingerprint density at radius 3 is 2.80 bits per heavy atom. The van der Waals surface area contributed by atoms with Crippen LogP contribution < -0.4 is 5.32 Å². The first-order valence-corrected chi connectivity index (χ1v) is 8.47. The molecule has 0 spiro atoms. The van der Waals surface area contributed by atoms with E-state index in [-0.39, 0.29) is 5.91 Å². The fourth-order valence-electron chi connectivity index (χ4n) is 3.38. The largest absolute Gasteiger partial charge is 0.371 e. The third-order valence-corrected chi connectivity index (χ3v) is 4.75. The van der Waals surface area contributed by atoms with Crippen molar-refractivity contribution in [3.63, 3.8) is 0 Å². The van der Waals surface area contributed by atoms with Crippen LogP contribution in [-0.4, -0.2) is 50.5 Å². The Hall–Kier alpha value is -2.96. The number of nitrogens with one attached hydrogen (secondary N) is 1. The smallest absolute Gasteiger partial charge is 0.255 e. The SMILES string of the molecule is CNc1nc(C2CCN(C(=O)c3cccnc3)CC2)cn2nccc12. The zero-order chi connectivity index (χ0) is 17.2. The summed E-state index contributed by atoms with van der Waals surface area (Å²) in [6.45, 7) is 1.46. The number of fused-ring (bicyclic) bond motifs is 1. The van der Waals surface area contributed by atoms with Gasteiger partial charge in [0.05, 0.1) is 23.7 Å². The molecule has 25 heavy (non-hydrogen) atoms. The molecule has 1 fully saturated rings. The highest BCUT2D eigenvalue weighted by Crippen LogP contribution is 2.29. The monoisotopic (exact) mass is 336 g/mol. The van der Waals surface area contributed by atoms with E-state index < -0.39 is 0 Å². The van der Waals surface area contributed by atoms with Gasteiger partial charge in [0.25, 0.3) is 5.91 Å². The number of hydrogen-bond donors (Lipinski definition) is 1. The van der Waals surface area contributed by atoms with Crippen LogP contribution in [0.4, 0.5) is 5.82 Å². The van der Waals surface area contributed by atoms with Crippen molar-refractivity contribution in [1.29, 1.82) is 0 Å². The summed E-state index contributed by atoms with van der Waals surface area (Å²) in [5.74, 6) is 1.22. The molecule has 7 heteroatoms. The Balaban J connectivity index is 1.49. The molecule has 1 amide bonds. The van der Waals surface area contributed by atoms with E-state index in [1.807, 2.05) is 34.8 Å². The van der Waals surface area contributed by atoms with Crippen LogP contribution >= 0.6 is 0 Å². The molecule has 3 aromatic heterocycles. The number of aromatic nitrogens is 4. The number of anilines is 1. The second-order valence-corrected chi connectivity index (χ2v) is 6.23. The van der Waals surface area contributed by atoms with E-state index in [0.717, 1.165) is 43.0 Å². The van der Waals surface area contributed by atoms with Crippen LogP contribution in [-0.2, 0) is 0 Å². The lowest BCUT2D eigenvalue weighted by Gasteiger charge is -2.31. The van der Waals surface area contributed by atoms with Crippen molar-refractivity contribution in [3.8, 4) is 0 Å². The molecule has 1 aliphatic rings. The third kappa shape index (κ3) is 2.93. The number of rotatable bonds is 3. The number of hydrogen-bond acceptors (Lipinski definition) is 5. The van der Waals surface area contributed by atoms with Gasteiger partial charge in [0.1, 0.15) is 5.52 Å². The van der Waals surface area contributed by atoms with Crippen LogP contribution in [0.3, 0.4) is 0 Å². The number of carbonyl (C=O) groups is 1. The quantitative estimate of drug-likeness (QED) is 0.793. The fourth-order valence-corrected chi connectivity index (χ4v) is 3.38. The Bertz CT molecular complexity index is 883. The maximum absolute atomic E-state index is 12.5. The van der Waals surface area contributed by atoms with Crippen LogP contribution in [0, 0.1) is 0 Å². The Labute approximate surface area is 145 Å². The van der Waals surface area contributed by atoms with Crippen LogP contribution in [0.25, 0.3) is 5.52 Å². The number of nitrogens with zero attached hydrogens (tertiary/aromatic N) is 5. The number of likely N-dealkylation sites (tertiary alicyclic amines) is 1. The topological polar surface area (TPSA) is 75.4 Å². The number of amides is 1. The van der Waals surface area contributed by atoms with Crippen LogP contribution in [0.1, 0.15) is 34.8 Å². The van der Waals surface area contributed by atoms with E-state index in [2.05, 4.69) is 15.4 Å². The van der Waals surface area contributed by atoms with Crippen molar-refractivity contribution in [2.45, 2.75) is 18.8 Å². The minimum Gasteiger partial charge on any atom is -0.371 e. The first-order chi connectivity index (χ1) is 12.3. The lowest BCUT2D eigenvalue weighted by atomic mass is 9.93. The summed E-state index contributed by atoms with van der Waals surface area (Å²) >= 11 is 0. The Morgan fingerprint density at radius 1 is 1.24 bits per heavy atom. The molecule has 1 N–H and O–H groups in total. The second kappa shape index (κ2) is 6.51. The van der Waals surface area contributed by atoms with Crippen molar-refractivity contribution >= 4 is 17.2 Å². The summed E-state index contributed by atoms with van der Waals surface area (Å²) in [4.78, 5) is 23.2. The lowest BCUT2D eigenvalue weighted by molar-refractivity contribution is 0.0711. The van der Waals surface area contributed by atoms with Crippen molar-refractivity contribution < 1.29 is 4.79 Å². The number of carbonyl (C=O) groups excluding carboxylic acids is 1. The van der Waals surface area contributed by atoms with Gasteiger partial charge in [-0.15, -0.1) is 0 Å². The first-order valence-electron chi connectivity index (χ1n) is 8.47. The summed E-state index contributed by atoms with van der Waals surface area (Å²) in [5.41, 5.74) is 2.64. The molecule has 0 saturated carbocycles. The van der Waals surface area contributed by atoms with E-state index in [4.69, 9.17) is 4.98 Å². The maximum atomic E-state index is 12.5. The average molecular weight is 336 g/mol.